The maximum Gasteiger partial charge on any atom is 0.257 e. The molecule has 0 saturated carbocycles. The molecule has 0 radical (unpaired) electrons. The molecule has 1 amide bonds. The van der Waals surface area contributed by atoms with Gasteiger partial charge in [-0.25, -0.2) is 4.98 Å². The number of nitrogens with one attached hydrogen (secondary N) is 2. The van der Waals surface area contributed by atoms with Gasteiger partial charge < -0.3 is 10.6 Å². The molecule has 0 aliphatic heterocycles. The van der Waals surface area contributed by atoms with Crippen molar-refractivity contribution in [2.24, 2.45) is 0 Å². The van der Waals surface area contributed by atoms with Crippen molar-refractivity contribution in [1.29, 1.82) is 0 Å². The van der Waals surface area contributed by atoms with Crippen LogP contribution in [-0.4, -0.2) is 22.4 Å². The van der Waals surface area contributed by atoms with Gasteiger partial charge in [0.2, 0.25) is 0 Å². The number of hydrogen-bond donors (Lipinski definition) is 2. The van der Waals surface area contributed by atoms with E-state index in [1.165, 1.54) is 6.20 Å². The number of pyridine rings is 2. The van der Waals surface area contributed by atoms with Gasteiger partial charge in [-0.15, -0.1) is 0 Å². The van der Waals surface area contributed by atoms with Crippen molar-refractivity contribution in [2.45, 2.75) is 13.8 Å². The number of halogens is 1. The minimum atomic E-state index is -0.265. The van der Waals surface area contributed by atoms with Crippen LogP contribution in [0.4, 0.5) is 11.5 Å². The van der Waals surface area contributed by atoms with E-state index in [0.29, 0.717) is 28.6 Å². The zero-order valence-electron chi connectivity index (χ0n) is 11.3. The molecule has 0 saturated heterocycles. The number of rotatable bonds is 4. The number of aryl methyl sites for hydroxylation is 1. The van der Waals surface area contributed by atoms with E-state index in [9.17, 15) is 4.79 Å². The first-order valence-corrected chi connectivity index (χ1v) is 6.62. The number of amides is 1. The Bertz CT molecular complexity index is 630. The predicted octanol–water partition coefficient (Wildman–Crippen LogP) is 3.12. The lowest BCUT2D eigenvalue weighted by atomic mass is 10.2. The Morgan fingerprint density at radius 2 is 2.20 bits per heavy atom. The third-order valence-electron chi connectivity index (χ3n) is 2.70. The summed E-state index contributed by atoms with van der Waals surface area (Å²) in [6.45, 7) is 4.49. The Kier molecular flexibility index (Phi) is 4.53. The highest BCUT2D eigenvalue weighted by atomic mass is 35.5. The molecule has 6 heteroatoms. The third kappa shape index (κ3) is 3.24. The van der Waals surface area contributed by atoms with Gasteiger partial charge in [-0.05, 0) is 32.0 Å². The fourth-order valence-electron chi connectivity index (χ4n) is 1.67. The molecule has 0 aromatic carbocycles. The fourth-order valence-corrected chi connectivity index (χ4v) is 1.90. The van der Waals surface area contributed by atoms with Gasteiger partial charge in [0.1, 0.15) is 5.82 Å². The first kappa shape index (κ1) is 14.3. The average molecular weight is 291 g/mol. The Labute approximate surface area is 122 Å². The first-order chi connectivity index (χ1) is 9.61. The lowest BCUT2D eigenvalue weighted by Crippen LogP contribution is -2.14. The van der Waals surface area contributed by atoms with Gasteiger partial charge in [0, 0.05) is 18.9 Å². The van der Waals surface area contributed by atoms with Crippen LogP contribution in [-0.2, 0) is 0 Å². The molecule has 0 aliphatic carbocycles. The van der Waals surface area contributed by atoms with Gasteiger partial charge in [-0.1, -0.05) is 11.6 Å². The predicted molar refractivity (Wildman–Crippen MR) is 80.3 cm³/mol. The van der Waals surface area contributed by atoms with Crippen molar-refractivity contribution in [3.8, 4) is 0 Å². The summed E-state index contributed by atoms with van der Waals surface area (Å²) in [5, 5.41) is 6.22. The molecule has 0 aliphatic rings. The third-order valence-corrected chi connectivity index (χ3v) is 2.99. The van der Waals surface area contributed by atoms with Crippen molar-refractivity contribution in [3.63, 3.8) is 0 Å². The van der Waals surface area contributed by atoms with E-state index in [-0.39, 0.29) is 5.91 Å². The molecule has 2 N–H and O–H groups in total. The number of anilines is 2. The van der Waals surface area contributed by atoms with Gasteiger partial charge in [0.25, 0.3) is 5.91 Å². The topological polar surface area (TPSA) is 66.9 Å². The van der Waals surface area contributed by atoms with E-state index in [0.717, 1.165) is 5.69 Å². The molecule has 2 aromatic rings. The van der Waals surface area contributed by atoms with Crippen LogP contribution in [0.2, 0.25) is 5.02 Å². The van der Waals surface area contributed by atoms with Gasteiger partial charge >= 0.3 is 0 Å². The summed E-state index contributed by atoms with van der Waals surface area (Å²) in [5.41, 5.74) is 1.83. The highest BCUT2D eigenvalue weighted by molar-refractivity contribution is 6.33. The Hall–Kier alpha value is -2.14. The van der Waals surface area contributed by atoms with Crippen molar-refractivity contribution < 1.29 is 4.79 Å². The van der Waals surface area contributed by atoms with E-state index in [4.69, 9.17) is 11.6 Å². The zero-order chi connectivity index (χ0) is 14.5. The molecule has 5 nitrogen and oxygen atoms in total. The lowest BCUT2D eigenvalue weighted by molar-refractivity contribution is 0.102. The van der Waals surface area contributed by atoms with Crippen molar-refractivity contribution >= 4 is 29.0 Å². The summed E-state index contributed by atoms with van der Waals surface area (Å²) in [6.07, 6.45) is 3.17. The number of aromatic nitrogens is 2. The second-order valence-corrected chi connectivity index (χ2v) is 4.58. The summed E-state index contributed by atoms with van der Waals surface area (Å²) in [6, 6.07) is 5.15. The number of carbonyl (C=O) groups excluding carboxylic acids is 1. The number of carbonyl (C=O) groups is 1. The summed E-state index contributed by atoms with van der Waals surface area (Å²) in [4.78, 5) is 20.4. The van der Waals surface area contributed by atoms with Crippen LogP contribution < -0.4 is 10.6 Å². The molecule has 0 fully saturated rings. The maximum atomic E-state index is 12.1. The van der Waals surface area contributed by atoms with Gasteiger partial charge in [0.15, 0.2) is 0 Å². The highest BCUT2D eigenvalue weighted by Crippen LogP contribution is 2.21. The molecule has 2 rings (SSSR count). The molecule has 104 valence electrons. The molecule has 0 bridgehead atoms. The fraction of sp³-hybridized carbons (Fsp3) is 0.214. The minimum Gasteiger partial charge on any atom is -0.369 e. The molecular weight excluding hydrogens is 276 g/mol. The average Bonchev–Trinajstić information content (AvgIpc) is 2.43. The molecule has 2 heterocycles. The van der Waals surface area contributed by atoms with Gasteiger partial charge in [-0.3, -0.25) is 9.78 Å². The number of hydrogen-bond acceptors (Lipinski definition) is 4. The number of nitrogens with zero attached hydrogens (tertiary/aromatic N) is 2. The normalized spacial score (nSPS) is 10.2. The lowest BCUT2D eigenvalue weighted by Gasteiger charge is -2.09. The van der Waals surface area contributed by atoms with Crippen molar-refractivity contribution in [2.75, 3.05) is 17.2 Å². The second kappa shape index (κ2) is 6.34. The summed E-state index contributed by atoms with van der Waals surface area (Å²) in [5.74, 6) is 0.307. The standard InChI is InChI=1S/C14H15ClN4O/c1-3-16-13-11(15)7-10(8-18-13)14(20)19-12-5-4-6-17-9(12)2/h4-8H,3H2,1-2H3,(H,16,18)(H,19,20). The monoisotopic (exact) mass is 290 g/mol. The Morgan fingerprint density at radius 3 is 2.85 bits per heavy atom. The molecular formula is C14H15ClN4O. The second-order valence-electron chi connectivity index (χ2n) is 4.18. The van der Waals surface area contributed by atoms with E-state index < -0.39 is 0 Å². The van der Waals surface area contributed by atoms with Crippen LogP contribution in [0.3, 0.4) is 0 Å². The van der Waals surface area contributed by atoms with Crippen molar-refractivity contribution in [1.82, 2.24) is 9.97 Å². The molecule has 0 atom stereocenters. The van der Waals surface area contributed by atoms with Crippen LogP contribution in [0.5, 0.6) is 0 Å². The quantitative estimate of drug-likeness (QED) is 0.908. The van der Waals surface area contributed by atoms with Crippen LogP contribution in [0.1, 0.15) is 23.0 Å². The van der Waals surface area contributed by atoms with Gasteiger partial charge in [0.05, 0.1) is 22.0 Å². The van der Waals surface area contributed by atoms with Gasteiger partial charge in [-0.2, -0.15) is 0 Å². The molecule has 0 spiro atoms. The summed E-state index contributed by atoms with van der Waals surface area (Å²) < 4.78 is 0. The van der Waals surface area contributed by atoms with E-state index in [1.807, 2.05) is 13.8 Å². The molecule has 20 heavy (non-hydrogen) atoms. The molecule has 2 aromatic heterocycles. The maximum absolute atomic E-state index is 12.1. The first-order valence-electron chi connectivity index (χ1n) is 6.24. The summed E-state index contributed by atoms with van der Waals surface area (Å²) in [7, 11) is 0. The zero-order valence-corrected chi connectivity index (χ0v) is 12.0. The Morgan fingerprint density at radius 1 is 1.40 bits per heavy atom. The van der Waals surface area contributed by atoms with E-state index in [1.54, 1.807) is 24.4 Å². The molecule has 0 unspecified atom stereocenters. The minimum absolute atomic E-state index is 0.265. The van der Waals surface area contributed by atoms with Crippen LogP contribution >= 0.6 is 11.6 Å². The SMILES string of the molecule is CCNc1ncc(C(=O)Nc2cccnc2C)cc1Cl. The van der Waals surface area contributed by atoms with Crippen LogP contribution in [0.25, 0.3) is 0 Å². The smallest absolute Gasteiger partial charge is 0.257 e. The van der Waals surface area contributed by atoms with E-state index in [2.05, 4.69) is 20.6 Å². The van der Waals surface area contributed by atoms with Crippen LogP contribution in [0, 0.1) is 6.92 Å². The Balaban J connectivity index is 2.18. The van der Waals surface area contributed by atoms with Crippen molar-refractivity contribution in [3.05, 3.63) is 46.9 Å². The largest absolute Gasteiger partial charge is 0.369 e. The highest BCUT2D eigenvalue weighted by Gasteiger charge is 2.11. The summed E-state index contributed by atoms with van der Waals surface area (Å²) >= 11 is 6.07. The van der Waals surface area contributed by atoms with Crippen LogP contribution in [0.15, 0.2) is 30.6 Å². The van der Waals surface area contributed by atoms with E-state index >= 15 is 0 Å².